The highest BCUT2D eigenvalue weighted by atomic mass is 16.5. The van der Waals surface area contributed by atoms with Gasteiger partial charge in [-0.2, -0.15) is 0 Å². The van der Waals surface area contributed by atoms with Gasteiger partial charge in [0.1, 0.15) is 0 Å². The summed E-state index contributed by atoms with van der Waals surface area (Å²) in [5, 5.41) is 29.8. The van der Waals surface area contributed by atoms with Crippen LogP contribution in [-0.4, -0.2) is 60.4 Å². The number of rotatable bonds is 9. The van der Waals surface area contributed by atoms with E-state index in [1.54, 1.807) is 0 Å². The minimum Gasteiger partial charge on any atom is -0.394 e. The third-order valence-corrected chi connectivity index (χ3v) is 2.08. The van der Waals surface area contributed by atoms with Gasteiger partial charge in [-0.05, 0) is 19.9 Å². The molecule has 0 rings (SSSR count). The van der Waals surface area contributed by atoms with Gasteiger partial charge in [0.2, 0.25) is 0 Å². The average molecular weight is 207 g/mol. The van der Waals surface area contributed by atoms with Gasteiger partial charge in [-0.15, -0.1) is 0 Å². The topological polar surface area (TPSA) is 82.0 Å². The van der Waals surface area contributed by atoms with E-state index in [-0.39, 0.29) is 19.8 Å². The second kappa shape index (κ2) is 8.14. The Morgan fingerprint density at radius 3 is 2.14 bits per heavy atom. The van der Waals surface area contributed by atoms with Crippen molar-refractivity contribution in [2.24, 2.45) is 0 Å². The van der Waals surface area contributed by atoms with Crippen molar-refractivity contribution < 1.29 is 20.1 Å². The zero-order valence-electron chi connectivity index (χ0n) is 8.70. The van der Waals surface area contributed by atoms with Gasteiger partial charge in [0.05, 0.1) is 25.4 Å². The number of nitrogens with one attached hydrogen (secondary N) is 1. The molecule has 0 aliphatic carbocycles. The standard InChI is InChI=1S/C9H21NO4/c1-2-14-5-3-4-10-9(6-11,7-12)8-13/h10-13H,2-8H2,1H3. The van der Waals surface area contributed by atoms with E-state index in [0.717, 1.165) is 6.42 Å². The minimum atomic E-state index is -0.966. The molecule has 0 aromatic rings. The van der Waals surface area contributed by atoms with Gasteiger partial charge in [0.25, 0.3) is 0 Å². The first-order chi connectivity index (χ1) is 6.74. The molecule has 0 saturated heterocycles. The summed E-state index contributed by atoms with van der Waals surface area (Å²) in [6, 6.07) is 0. The zero-order valence-corrected chi connectivity index (χ0v) is 8.70. The molecule has 0 aromatic heterocycles. The normalized spacial score (nSPS) is 12.0. The Balaban J connectivity index is 3.61. The van der Waals surface area contributed by atoms with Crippen LogP contribution in [-0.2, 0) is 4.74 Å². The minimum absolute atomic E-state index is 0.283. The van der Waals surface area contributed by atoms with Gasteiger partial charge >= 0.3 is 0 Å². The number of ether oxygens (including phenoxy) is 1. The fraction of sp³-hybridized carbons (Fsp3) is 1.00. The van der Waals surface area contributed by atoms with Gasteiger partial charge in [-0.1, -0.05) is 0 Å². The van der Waals surface area contributed by atoms with Crippen LogP contribution < -0.4 is 5.32 Å². The molecule has 0 bridgehead atoms. The van der Waals surface area contributed by atoms with Crippen molar-refractivity contribution in [1.82, 2.24) is 5.32 Å². The molecule has 0 spiro atoms. The number of aliphatic hydroxyl groups excluding tert-OH is 3. The molecule has 5 heteroatoms. The van der Waals surface area contributed by atoms with Crippen molar-refractivity contribution in [3.63, 3.8) is 0 Å². The predicted octanol–water partition coefficient (Wildman–Crippen LogP) is -1.28. The molecule has 0 unspecified atom stereocenters. The van der Waals surface area contributed by atoms with E-state index in [9.17, 15) is 0 Å². The lowest BCUT2D eigenvalue weighted by Gasteiger charge is -2.28. The Labute approximate surface area is 84.7 Å². The molecule has 0 aliphatic rings. The van der Waals surface area contributed by atoms with Crippen LogP contribution in [0.2, 0.25) is 0 Å². The maximum atomic E-state index is 8.97. The van der Waals surface area contributed by atoms with Crippen molar-refractivity contribution in [3.05, 3.63) is 0 Å². The SMILES string of the molecule is CCOCCCNC(CO)(CO)CO. The maximum Gasteiger partial charge on any atom is 0.0881 e. The first kappa shape index (κ1) is 13.8. The fourth-order valence-electron chi connectivity index (χ4n) is 0.990. The molecular formula is C9H21NO4. The molecule has 14 heavy (non-hydrogen) atoms. The smallest absolute Gasteiger partial charge is 0.0881 e. The highest BCUT2D eigenvalue weighted by Crippen LogP contribution is 2.01. The van der Waals surface area contributed by atoms with E-state index in [1.807, 2.05) is 6.92 Å². The summed E-state index contributed by atoms with van der Waals surface area (Å²) in [5.74, 6) is 0. The van der Waals surface area contributed by atoms with E-state index in [1.165, 1.54) is 0 Å². The lowest BCUT2D eigenvalue weighted by molar-refractivity contribution is 0.0404. The molecule has 0 aromatic carbocycles. The van der Waals surface area contributed by atoms with Crippen LogP contribution in [0.15, 0.2) is 0 Å². The van der Waals surface area contributed by atoms with Gasteiger partial charge < -0.3 is 25.4 Å². The molecule has 0 amide bonds. The van der Waals surface area contributed by atoms with E-state index < -0.39 is 5.54 Å². The van der Waals surface area contributed by atoms with Crippen LogP contribution in [0.4, 0.5) is 0 Å². The maximum absolute atomic E-state index is 8.97. The second-order valence-corrected chi connectivity index (χ2v) is 3.23. The highest BCUT2D eigenvalue weighted by molar-refractivity contribution is 4.85. The summed E-state index contributed by atoms with van der Waals surface area (Å²) < 4.78 is 5.12. The van der Waals surface area contributed by atoms with Crippen molar-refractivity contribution in [1.29, 1.82) is 0 Å². The van der Waals surface area contributed by atoms with Gasteiger partial charge in [-0.25, -0.2) is 0 Å². The van der Waals surface area contributed by atoms with Crippen molar-refractivity contribution in [2.75, 3.05) is 39.6 Å². The Morgan fingerprint density at radius 2 is 1.71 bits per heavy atom. The van der Waals surface area contributed by atoms with Crippen LogP contribution in [0.25, 0.3) is 0 Å². The van der Waals surface area contributed by atoms with Crippen LogP contribution in [0.3, 0.4) is 0 Å². The quantitative estimate of drug-likeness (QED) is 0.354. The lowest BCUT2D eigenvalue weighted by atomic mass is 10.0. The molecule has 4 N–H and O–H groups in total. The fourth-order valence-corrected chi connectivity index (χ4v) is 0.990. The first-order valence-electron chi connectivity index (χ1n) is 4.90. The van der Waals surface area contributed by atoms with Gasteiger partial charge in [-0.3, -0.25) is 0 Å². The van der Waals surface area contributed by atoms with Crippen molar-refractivity contribution >= 4 is 0 Å². The van der Waals surface area contributed by atoms with Crippen LogP contribution in [0.5, 0.6) is 0 Å². The Morgan fingerprint density at radius 1 is 1.14 bits per heavy atom. The molecule has 86 valence electrons. The van der Waals surface area contributed by atoms with E-state index >= 15 is 0 Å². The van der Waals surface area contributed by atoms with Crippen molar-refractivity contribution in [3.8, 4) is 0 Å². The van der Waals surface area contributed by atoms with E-state index in [0.29, 0.717) is 19.8 Å². The Bertz CT molecular complexity index is 120. The summed E-state index contributed by atoms with van der Waals surface area (Å²) in [5.41, 5.74) is -0.966. The Hall–Kier alpha value is -0.200. The van der Waals surface area contributed by atoms with Crippen LogP contribution in [0.1, 0.15) is 13.3 Å². The summed E-state index contributed by atoms with van der Waals surface area (Å²) in [6.07, 6.45) is 0.787. The number of hydrogen-bond donors (Lipinski definition) is 4. The summed E-state index contributed by atoms with van der Waals surface area (Å²) in [7, 11) is 0. The second-order valence-electron chi connectivity index (χ2n) is 3.23. The third kappa shape index (κ3) is 4.88. The lowest BCUT2D eigenvalue weighted by Crippen LogP contribution is -2.55. The molecule has 0 saturated carbocycles. The summed E-state index contributed by atoms with van der Waals surface area (Å²) in [4.78, 5) is 0. The predicted molar refractivity (Wildman–Crippen MR) is 53.1 cm³/mol. The molecule has 0 heterocycles. The molecule has 0 radical (unpaired) electrons. The molecule has 0 aliphatic heterocycles. The number of hydrogen-bond acceptors (Lipinski definition) is 5. The monoisotopic (exact) mass is 207 g/mol. The van der Waals surface area contributed by atoms with Crippen LogP contribution in [0, 0.1) is 0 Å². The van der Waals surface area contributed by atoms with E-state index in [4.69, 9.17) is 20.1 Å². The summed E-state index contributed by atoms with van der Waals surface area (Å²) >= 11 is 0. The van der Waals surface area contributed by atoms with Gasteiger partial charge in [0, 0.05) is 13.2 Å². The van der Waals surface area contributed by atoms with Crippen molar-refractivity contribution in [2.45, 2.75) is 18.9 Å². The largest absolute Gasteiger partial charge is 0.394 e. The highest BCUT2D eigenvalue weighted by Gasteiger charge is 2.26. The number of aliphatic hydroxyl groups is 3. The summed E-state index contributed by atoms with van der Waals surface area (Å²) in [6.45, 7) is 3.00. The molecule has 0 fully saturated rings. The molecule has 5 nitrogen and oxygen atoms in total. The Kier molecular flexibility index (Phi) is 8.02. The van der Waals surface area contributed by atoms with E-state index in [2.05, 4.69) is 5.32 Å². The molecular weight excluding hydrogens is 186 g/mol. The van der Waals surface area contributed by atoms with Crippen LogP contribution >= 0.6 is 0 Å². The zero-order chi connectivity index (χ0) is 10.9. The average Bonchev–Trinajstić information content (AvgIpc) is 2.24. The first-order valence-corrected chi connectivity index (χ1v) is 4.90. The molecule has 0 atom stereocenters. The third-order valence-electron chi connectivity index (χ3n) is 2.08. The van der Waals surface area contributed by atoms with Gasteiger partial charge in [0.15, 0.2) is 0 Å².